The van der Waals surface area contributed by atoms with Gasteiger partial charge in [-0.1, -0.05) is 55.2 Å². The van der Waals surface area contributed by atoms with Crippen LogP contribution in [0.4, 0.5) is 5.69 Å². The van der Waals surface area contributed by atoms with Crippen molar-refractivity contribution in [3.8, 4) is 0 Å². The van der Waals surface area contributed by atoms with Crippen molar-refractivity contribution in [2.75, 3.05) is 23.7 Å². The van der Waals surface area contributed by atoms with Gasteiger partial charge in [0, 0.05) is 28.7 Å². The molecule has 0 radical (unpaired) electrons. The van der Waals surface area contributed by atoms with E-state index >= 15 is 0 Å². The molecule has 1 N–H and O–H groups in total. The van der Waals surface area contributed by atoms with Gasteiger partial charge in [0.25, 0.3) is 0 Å². The fraction of sp³-hybridized carbons (Fsp3) is 0.400. The van der Waals surface area contributed by atoms with Gasteiger partial charge < -0.3 is 10.2 Å². The first-order chi connectivity index (χ1) is 16.9. The lowest BCUT2D eigenvalue weighted by Crippen LogP contribution is -2.52. The first-order valence-corrected chi connectivity index (χ1v) is 14.1. The Morgan fingerprint density at radius 2 is 1.75 bits per heavy atom. The Morgan fingerprint density at radius 3 is 2.31 bits per heavy atom. The first-order valence-electron chi connectivity index (χ1n) is 11.5. The number of sulfonamides is 1. The van der Waals surface area contributed by atoms with Crippen LogP contribution in [-0.4, -0.2) is 56.3 Å². The van der Waals surface area contributed by atoms with Crippen LogP contribution in [0.5, 0.6) is 0 Å². The molecule has 0 spiro atoms. The summed E-state index contributed by atoms with van der Waals surface area (Å²) >= 11 is 12.4. The van der Waals surface area contributed by atoms with Crippen molar-refractivity contribution in [2.45, 2.75) is 46.2 Å². The predicted molar refractivity (Wildman–Crippen MR) is 143 cm³/mol. The number of hydrogen-bond donors (Lipinski definition) is 1. The number of anilines is 1. The third kappa shape index (κ3) is 7.94. The van der Waals surface area contributed by atoms with E-state index in [1.54, 1.807) is 31.2 Å². The summed E-state index contributed by atoms with van der Waals surface area (Å²) in [6, 6.07) is 10.00. The molecule has 0 aliphatic heterocycles. The number of benzene rings is 2. The van der Waals surface area contributed by atoms with Crippen molar-refractivity contribution in [3.63, 3.8) is 0 Å². The highest BCUT2D eigenvalue weighted by Crippen LogP contribution is 2.25. The van der Waals surface area contributed by atoms with Gasteiger partial charge in [-0.3, -0.25) is 18.7 Å². The van der Waals surface area contributed by atoms with Crippen molar-refractivity contribution in [2.24, 2.45) is 0 Å². The summed E-state index contributed by atoms with van der Waals surface area (Å²) in [7, 11) is -3.91. The Morgan fingerprint density at radius 1 is 1.06 bits per heavy atom. The third-order valence-corrected chi connectivity index (χ3v) is 7.24. The molecule has 11 heteroatoms. The lowest BCUT2D eigenvalue weighted by Gasteiger charge is -2.33. The van der Waals surface area contributed by atoms with Crippen molar-refractivity contribution in [3.05, 3.63) is 63.6 Å². The van der Waals surface area contributed by atoms with E-state index in [4.69, 9.17) is 23.2 Å². The number of rotatable bonds is 12. The number of halogens is 2. The van der Waals surface area contributed by atoms with Gasteiger partial charge in [0.2, 0.25) is 21.8 Å². The smallest absolute Gasteiger partial charge is 0.244 e. The number of Topliss-reactive ketones (excluding diaryl/α,β-unsaturated/α-hetero) is 1. The van der Waals surface area contributed by atoms with Crippen molar-refractivity contribution >= 4 is 56.5 Å². The molecule has 1 atom stereocenters. The maximum atomic E-state index is 13.7. The second-order valence-electron chi connectivity index (χ2n) is 8.35. The SMILES string of the molecule is CCCNC(=O)[C@@H](CC)N(Cc1ccc(Cl)cc1Cl)C(=O)CN(c1cccc(C(C)=O)c1)S(C)(=O)=O. The van der Waals surface area contributed by atoms with Crippen LogP contribution < -0.4 is 9.62 Å². The Labute approximate surface area is 222 Å². The second kappa shape index (κ2) is 13.1. The molecule has 2 amide bonds. The minimum atomic E-state index is -3.91. The summed E-state index contributed by atoms with van der Waals surface area (Å²) in [6.07, 6.45) is 1.99. The van der Waals surface area contributed by atoms with Gasteiger partial charge >= 0.3 is 0 Å². The van der Waals surface area contributed by atoms with Crippen LogP contribution in [0, 0.1) is 0 Å². The Bertz CT molecular complexity index is 1220. The molecule has 36 heavy (non-hydrogen) atoms. The summed E-state index contributed by atoms with van der Waals surface area (Å²) < 4.78 is 26.3. The fourth-order valence-corrected chi connectivity index (χ4v) is 4.92. The van der Waals surface area contributed by atoms with E-state index in [0.717, 1.165) is 10.6 Å². The Hall–Kier alpha value is -2.62. The average molecular weight is 557 g/mol. The Balaban J connectivity index is 2.49. The molecular weight excluding hydrogens is 525 g/mol. The lowest BCUT2D eigenvalue weighted by atomic mass is 10.1. The molecule has 0 heterocycles. The quantitative estimate of drug-likeness (QED) is 0.393. The number of carbonyl (C=O) groups is 3. The van der Waals surface area contributed by atoms with Crippen LogP contribution in [0.2, 0.25) is 10.0 Å². The van der Waals surface area contributed by atoms with E-state index in [1.807, 2.05) is 6.92 Å². The molecule has 8 nitrogen and oxygen atoms in total. The van der Waals surface area contributed by atoms with Gasteiger partial charge in [-0.15, -0.1) is 0 Å². The highest BCUT2D eigenvalue weighted by Gasteiger charge is 2.32. The van der Waals surface area contributed by atoms with Crippen LogP contribution >= 0.6 is 23.2 Å². The summed E-state index contributed by atoms with van der Waals surface area (Å²) in [6.45, 7) is 4.89. The number of nitrogens with zero attached hydrogens (tertiary/aromatic N) is 2. The fourth-order valence-electron chi connectivity index (χ4n) is 3.61. The van der Waals surface area contributed by atoms with Crippen molar-refractivity contribution in [1.29, 1.82) is 0 Å². The molecule has 0 aromatic heterocycles. The Kier molecular flexibility index (Phi) is 10.8. The summed E-state index contributed by atoms with van der Waals surface area (Å²) in [5.74, 6) is -1.19. The lowest BCUT2D eigenvalue weighted by molar-refractivity contribution is -0.140. The second-order valence-corrected chi connectivity index (χ2v) is 11.1. The van der Waals surface area contributed by atoms with Gasteiger partial charge in [-0.2, -0.15) is 0 Å². The predicted octanol–water partition coefficient (Wildman–Crippen LogP) is 4.30. The van der Waals surface area contributed by atoms with Crippen molar-refractivity contribution < 1.29 is 22.8 Å². The van der Waals surface area contributed by atoms with E-state index in [1.165, 1.54) is 30.0 Å². The van der Waals surface area contributed by atoms with E-state index in [2.05, 4.69) is 5.32 Å². The summed E-state index contributed by atoms with van der Waals surface area (Å²) in [5.41, 5.74) is 1.04. The normalized spacial score (nSPS) is 12.1. The van der Waals surface area contributed by atoms with Crippen LogP contribution in [0.25, 0.3) is 0 Å². The van der Waals surface area contributed by atoms with E-state index in [0.29, 0.717) is 40.6 Å². The molecule has 2 rings (SSSR count). The molecule has 196 valence electrons. The summed E-state index contributed by atoms with van der Waals surface area (Å²) in [4.78, 5) is 39.8. The molecule has 0 aliphatic carbocycles. The van der Waals surface area contributed by atoms with Crippen molar-refractivity contribution in [1.82, 2.24) is 10.2 Å². The number of amides is 2. The molecule has 0 saturated heterocycles. The zero-order valence-electron chi connectivity index (χ0n) is 20.8. The zero-order chi connectivity index (χ0) is 27.0. The highest BCUT2D eigenvalue weighted by atomic mass is 35.5. The monoisotopic (exact) mass is 555 g/mol. The molecule has 0 aliphatic rings. The molecule has 2 aromatic rings. The number of hydrogen-bond acceptors (Lipinski definition) is 5. The van der Waals surface area contributed by atoms with Crippen LogP contribution in [0.15, 0.2) is 42.5 Å². The topological polar surface area (TPSA) is 104 Å². The molecule has 2 aromatic carbocycles. The number of ketones is 1. The minimum Gasteiger partial charge on any atom is -0.354 e. The molecular formula is C25H31Cl2N3O5S. The maximum Gasteiger partial charge on any atom is 0.244 e. The van der Waals surface area contributed by atoms with E-state index in [-0.39, 0.29) is 23.9 Å². The minimum absolute atomic E-state index is 0.0298. The van der Waals surface area contributed by atoms with Gasteiger partial charge in [0.05, 0.1) is 11.9 Å². The highest BCUT2D eigenvalue weighted by molar-refractivity contribution is 7.92. The van der Waals surface area contributed by atoms with E-state index in [9.17, 15) is 22.8 Å². The average Bonchev–Trinajstić information content (AvgIpc) is 2.81. The van der Waals surface area contributed by atoms with Gasteiger partial charge in [-0.25, -0.2) is 8.42 Å². The van der Waals surface area contributed by atoms with Crippen LogP contribution in [-0.2, 0) is 26.2 Å². The van der Waals surface area contributed by atoms with Gasteiger partial charge in [0.15, 0.2) is 5.78 Å². The largest absolute Gasteiger partial charge is 0.354 e. The van der Waals surface area contributed by atoms with Gasteiger partial charge in [-0.05, 0) is 49.6 Å². The molecule has 0 fully saturated rings. The molecule has 0 bridgehead atoms. The van der Waals surface area contributed by atoms with E-state index < -0.39 is 28.5 Å². The molecule has 0 saturated carbocycles. The third-order valence-electron chi connectivity index (χ3n) is 5.51. The molecule has 0 unspecified atom stereocenters. The zero-order valence-corrected chi connectivity index (χ0v) is 23.1. The number of carbonyl (C=O) groups excluding carboxylic acids is 3. The summed E-state index contributed by atoms with van der Waals surface area (Å²) in [5, 5.41) is 3.54. The van der Waals surface area contributed by atoms with Crippen LogP contribution in [0.3, 0.4) is 0 Å². The maximum absolute atomic E-state index is 13.7. The first kappa shape index (κ1) is 29.6. The van der Waals surface area contributed by atoms with Gasteiger partial charge in [0.1, 0.15) is 12.6 Å². The van der Waals surface area contributed by atoms with Crippen LogP contribution in [0.1, 0.15) is 49.5 Å². The number of nitrogens with one attached hydrogen (secondary N) is 1. The standard InChI is InChI=1S/C25H31Cl2N3O5S/c1-5-12-28-25(33)23(6-2)29(15-19-10-11-20(26)14-22(19)27)24(32)16-30(36(4,34)35)21-9-7-8-18(13-21)17(3)31/h7-11,13-14,23H,5-6,12,15-16H2,1-4H3,(H,28,33)/t23-/m1/s1.